The van der Waals surface area contributed by atoms with Crippen molar-refractivity contribution in [3.63, 3.8) is 0 Å². The van der Waals surface area contributed by atoms with Crippen LogP contribution in [0.4, 0.5) is 0 Å². The molecule has 0 saturated heterocycles. The molecule has 1 aromatic carbocycles. The Balaban J connectivity index is 1.97. The summed E-state index contributed by atoms with van der Waals surface area (Å²) in [6, 6.07) is 9.02. The second-order valence-corrected chi connectivity index (χ2v) is 7.35. The first-order chi connectivity index (χ1) is 11.3. The number of carbonyl (C=O) groups is 2. The number of hydrogen-bond donors (Lipinski definition) is 2. The number of furan rings is 1. The zero-order valence-electron chi connectivity index (χ0n) is 13.0. The first-order valence-electron chi connectivity index (χ1n) is 7.22. The summed E-state index contributed by atoms with van der Waals surface area (Å²) in [6.07, 6.45) is 0.0135. The Kier molecular flexibility index (Phi) is 5.40. The molecule has 0 atom stereocenters. The molecule has 128 valence electrons. The Morgan fingerprint density at radius 2 is 1.96 bits per heavy atom. The third-order valence-corrected chi connectivity index (χ3v) is 5.07. The van der Waals surface area contributed by atoms with Crippen molar-refractivity contribution in [2.45, 2.75) is 24.8 Å². The van der Waals surface area contributed by atoms with Crippen LogP contribution in [0.15, 0.2) is 45.7 Å². The van der Waals surface area contributed by atoms with Crippen LogP contribution in [-0.2, 0) is 27.6 Å². The number of hydrogen-bond acceptors (Lipinski definition) is 5. The topological polar surface area (TPSA) is 114 Å². The molecule has 1 aromatic heterocycles. The summed E-state index contributed by atoms with van der Waals surface area (Å²) < 4.78 is 28.7. The molecule has 0 spiro atoms. The zero-order valence-corrected chi connectivity index (χ0v) is 13.8. The van der Waals surface area contributed by atoms with E-state index in [2.05, 4.69) is 5.32 Å². The Labute approximate surface area is 139 Å². The Bertz CT molecular complexity index is 853. The van der Waals surface area contributed by atoms with Crippen molar-refractivity contribution in [2.75, 3.05) is 5.75 Å². The average molecular weight is 351 g/mol. The fraction of sp³-hybridized carbons (Fsp3) is 0.250. The number of nitrogens with one attached hydrogen (secondary N) is 1. The maximum Gasteiger partial charge on any atom is 0.371 e. The van der Waals surface area contributed by atoms with Gasteiger partial charge in [0.25, 0.3) is 0 Å². The SMILES string of the molecule is CCS(=O)(=O)c1cccc(CC(=O)NCc2ccc(C(=O)O)o2)c1. The summed E-state index contributed by atoms with van der Waals surface area (Å²) in [7, 11) is -3.32. The van der Waals surface area contributed by atoms with Crippen LogP contribution in [0.5, 0.6) is 0 Å². The Morgan fingerprint density at radius 3 is 2.58 bits per heavy atom. The summed E-state index contributed by atoms with van der Waals surface area (Å²) in [5, 5.41) is 11.3. The van der Waals surface area contributed by atoms with Gasteiger partial charge in [0.1, 0.15) is 5.76 Å². The van der Waals surface area contributed by atoms with Gasteiger partial charge in [-0.1, -0.05) is 19.1 Å². The second-order valence-electron chi connectivity index (χ2n) is 5.08. The monoisotopic (exact) mass is 351 g/mol. The number of carboxylic acids is 1. The van der Waals surface area contributed by atoms with Crippen molar-refractivity contribution in [1.29, 1.82) is 0 Å². The molecule has 0 aliphatic rings. The highest BCUT2D eigenvalue weighted by Gasteiger charge is 2.13. The molecular formula is C16H17NO6S. The van der Waals surface area contributed by atoms with E-state index in [0.717, 1.165) is 0 Å². The third kappa shape index (κ3) is 4.45. The molecule has 2 aromatic rings. The Morgan fingerprint density at radius 1 is 1.21 bits per heavy atom. The van der Waals surface area contributed by atoms with Crippen LogP contribution in [0, 0.1) is 0 Å². The van der Waals surface area contributed by atoms with E-state index in [-0.39, 0.29) is 35.3 Å². The van der Waals surface area contributed by atoms with Gasteiger partial charge in [0.05, 0.1) is 23.6 Å². The van der Waals surface area contributed by atoms with Gasteiger partial charge in [0.15, 0.2) is 9.84 Å². The number of amides is 1. The van der Waals surface area contributed by atoms with Crippen LogP contribution in [0.2, 0.25) is 0 Å². The fourth-order valence-corrected chi connectivity index (χ4v) is 2.99. The van der Waals surface area contributed by atoms with Gasteiger partial charge in [-0.25, -0.2) is 13.2 Å². The fourth-order valence-electron chi connectivity index (χ4n) is 2.04. The van der Waals surface area contributed by atoms with Gasteiger partial charge in [-0.2, -0.15) is 0 Å². The van der Waals surface area contributed by atoms with Crippen molar-refractivity contribution in [3.05, 3.63) is 53.5 Å². The van der Waals surface area contributed by atoms with E-state index in [1.807, 2.05) is 0 Å². The van der Waals surface area contributed by atoms with Crippen LogP contribution in [0.1, 0.15) is 28.8 Å². The van der Waals surface area contributed by atoms with Crippen molar-refractivity contribution in [3.8, 4) is 0 Å². The van der Waals surface area contributed by atoms with E-state index in [0.29, 0.717) is 11.3 Å². The van der Waals surface area contributed by atoms with Crippen LogP contribution in [0.25, 0.3) is 0 Å². The molecule has 0 radical (unpaired) electrons. The number of carboxylic acid groups (broad SMARTS) is 1. The number of carbonyl (C=O) groups excluding carboxylic acids is 1. The lowest BCUT2D eigenvalue weighted by molar-refractivity contribution is -0.120. The predicted molar refractivity (Wildman–Crippen MR) is 85.4 cm³/mol. The van der Waals surface area contributed by atoms with Gasteiger partial charge >= 0.3 is 5.97 Å². The Hall–Kier alpha value is -2.61. The molecular weight excluding hydrogens is 334 g/mol. The van der Waals surface area contributed by atoms with Gasteiger partial charge in [0.2, 0.25) is 11.7 Å². The lowest BCUT2D eigenvalue weighted by atomic mass is 10.1. The maximum absolute atomic E-state index is 11.9. The first kappa shape index (κ1) is 17.7. The standard InChI is InChI=1S/C16H17NO6S/c1-2-24(21,22)13-5-3-4-11(8-13)9-15(18)17-10-12-6-7-14(23-12)16(19)20/h3-8H,2,9-10H2,1H3,(H,17,18)(H,19,20). The number of benzene rings is 1. The number of rotatable bonds is 7. The minimum Gasteiger partial charge on any atom is -0.475 e. The molecule has 24 heavy (non-hydrogen) atoms. The van der Waals surface area contributed by atoms with E-state index in [4.69, 9.17) is 9.52 Å². The first-order valence-corrected chi connectivity index (χ1v) is 8.87. The molecule has 0 aliphatic carbocycles. The lowest BCUT2D eigenvalue weighted by Crippen LogP contribution is -2.24. The van der Waals surface area contributed by atoms with E-state index >= 15 is 0 Å². The lowest BCUT2D eigenvalue weighted by Gasteiger charge is -2.06. The highest BCUT2D eigenvalue weighted by molar-refractivity contribution is 7.91. The van der Waals surface area contributed by atoms with Crippen LogP contribution >= 0.6 is 0 Å². The zero-order chi connectivity index (χ0) is 17.7. The van der Waals surface area contributed by atoms with Crippen LogP contribution < -0.4 is 5.32 Å². The molecule has 0 aliphatic heterocycles. The highest BCUT2D eigenvalue weighted by atomic mass is 32.2. The van der Waals surface area contributed by atoms with Gasteiger partial charge in [-0.15, -0.1) is 0 Å². The van der Waals surface area contributed by atoms with E-state index in [9.17, 15) is 18.0 Å². The van der Waals surface area contributed by atoms with Crippen LogP contribution in [-0.4, -0.2) is 31.2 Å². The van der Waals surface area contributed by atoms with Crippen molar-refractivity contribution < 1.29 is 27.5 Å². The number of aromatic carboxylic acids is 1. The number of sulfone groups is 1. The molecule has 8 heteroatoms. The minimum absolute atomic E-state index is 0.00689. The van der Waals surface area contributed by atoms with Gasteiger partial charge in [-0.05, 0) is 29.8 Å². The van der Waals surface area contributed by atoms with Gasteiger partial charge < -0.3 is 14.8 Å². The maximum atomic E-state index is 11.9. The minimum atomic E-state index is -3.32. The smallest absolute Gasteiger partial charge is 0.371 e. The second kappa shape index (κ2) is 7.31. The molecule has 1 heterocycles. The average Bonchev–Trinajstić information content (AvgIpc) is 3.02. The molecule has 0 saturated carbocycles. The normalized spacial score (nSPS) is 11.2. The van der Waals surface area contributed by atoms with Gasteiger partial charge in [0, 0.05) is 0 Å². The summed E-state index contributed by atoms with van der Waals surface area (Å²) in [4.78, 5) is 22.8. The third-order valence-electron chi connectivity index (χ3n) is 3.33. The molecule has 1 amide bonds. The quantitative estimate of drug-likeness (QED) is 0.784. The highest BCUT2D eigenvalue weighted by Crippen LogP contribution is 2.14. The largest absolute Gasteiger partial charge is 0.475 e. The summed E-state index contributed by atoms with van der Waals surface area (Å²) >= 11 is 0. The summed E-state index contributed by atoms with van der Waals surface area (Å²) in [5.41, 5.74) is 0.577. The molecule has 2 rings (SSSR count). The van der Waals surface area contributed by atoms with E-state index < -0.39 is 15.8 Å². The molecule has 0 fully saturated rings. The van der Waals surface area contributed by atoms with Gasteiger partial charge in [-0.3, -0.25) is 4.79 Å². The van der Waals surface area contributed by atoms with Crippen molar-refractivity contribution in [2.24, 2.45) is 0 Å². The van der Waals surface area contributed by atoms with Crippen LogP contribution in [0.3, 0.4) is 0 Å². The molecule has 2 N–H and O–H groups in total. The molecule has 0 bridgehead atoms. The van der Waals surface area contributed by atoms with E-state index in [1.165, 1.54) is 24.3 Å². The van der Waals surface area contributed by atoms with E-state index in [1.54, 1.807) is 19.1 Å². The van der Waals surface area contributed by atoms with Crippen molar-refractivity contribution >= 4 is 21.7 Å². The summed E-state index contributed by atoms with van der Waals surface area (Å²) in [5.74, 6) is -1.39. The van der Waals surface area contributed by atoms with Crippen molar-refractivity contribution in [1.82, 2.24) is 5.32 Å². The predicted octanol–water partition coefficient (Wildman–Crippen LogP) is 1.63. The molecule has 7 nitrogen and oxygen atoms in total. The summed E-state index contributed by atoms with van der Waals surface area (Å²) in [6.45, 7) is 1.61. The molecule has 0 unspecified atom stereocenters.